The van der Waals surface area contributed by atoms with Crippen LogP contribution in [0.25, 0.3) is 0 Å². The van der Waals surface area contributed by atoms with Crippen LogP contribution in [0.4, 0.5) is 5.69 Å². The number of hydrogen-bond donors (Lipinski definition) is 1. The van der Waals surface area contributed by atoms with Crippen molar-refractivity contribution in [3.05, 3.63) is 87.9 Å². The van der Waals surface area contributed by atoms with E-state index in [1.165, 1.54) is 36.3 Å². The molecule has 3 rings (SSSR count). The third-order valence-electron chi connectivity index (χ3n) is 6.25. The van der Waals surface area contributed by atoms with Gasteiger partial charge in [-0.25, -0.2) is 8.42 Å². The highest BCUT2D eigenvalue weighted by Gasteiger charge is 2.33. The molecule has 0 fully saturated rings. The van der Waals surface area contributed by atoms with Gasteiger partial charge >= 0.3 is 0 Å². The van der Waals surface area contributed by atoms with Gasteiger partial charge in [-0.3, -0.25) is 13.9 Å². The first-order valence-electron chi connectivity index (χ1n) is 12.9. The van der Waals surface area contributed by atoms with E-state index >= 15 is 0 Å². The van der Waals surface area contributed by atoms with E-state index in [0.29, 0.717) is 27.0 Å². The summed E-state index contributed by atoms with van der Waals surface area (Å²) < 4.78 is 34.0. The van der Waals surface area contributed by atoms with Crippen LogP contribution in [0, 0.1) is 6.92 Å². The Hall–Kier alpha value is -3.27. The normalized spacial score (nSPS) is 12.4. The van der Waals surface area contributed by atoms with Gasteiger partial charge in [0.05, 0.1) is 27.7 Å². The molecule has 1 unspecified atom stereocenters. The van der Waals surface area contributed by atoms with Gasteiger partial charge in [0, 0.05) is 12.1 Å². The van der Waals surface area contributed by atoms with Crippen molar-refractivity contribution in [3.63, 3.8) is 0 Å². The van der Waals surface area contributed by atoms with Crippen molar-refractivity contribution in [1.29, 1.82) is 0 Å². The third kappa shape index (κ3) is 8.38. The molecule has 0 aromatic heterocycles. The molecule has 0 spiro atoms. The molecule has 2 amide bonds. The van der Waals surface area contributed by atoms with Crippen molar-refractivity contribution in [3.8, 4) is 5.75 Å². The van der Waals surface area contributed by atoms with Crippen molar-refractivity contribution >= 4 is 50.7 Å². The van der Waals surface area contributed by atoms with E-state index in [-0.39, 0.29) is 17.3 Å². The number of nitrogens with zero attached hydrogens (tertiary/aromatic N) is 2. The summed E-state index contributed by atoms with van der Waals surface area (Å²) in [5.41, 5.74) is 1.31. The Morgan fingerprint density at radius 1 is 0.951 bits per heavy atom. The highest BCUT2D eigenvalue weighted by Crippen LogP contribution is 2.27. The Kier molecular flexibility index (Phi) is 10.3. The van der Waals surface area contributed by atoms with Crippen LogP contribution in [0.15, 0.2) is 71.6 Å². The zero-order chi connectivity index (χ0) is 30.5. The molecule has 0 bridgehead atoms. The summed E-state index contributed by atoms with van der Waals surface area (Å²) in [6.07, 6.45) is 0. The Labute approximate surface area is 252 Å². The molecule has 3 aromatic rings. The number of aryl methyl sites for hydroxylation is 1. The fraction of sp³-hybridized carbons (Fsp3) is 0.333. The number of benzene rings is 3. The molecule has 0 aliphatic carbocycles. The minimum absolute atomic E-state index is 0.00122. The van der Waals surface area contributed by atoms with Crippen LogP contribution in [-0.2, 0) is 26.2 Å². The second-order valence-corrected chi connectivity index (χ2v) is 13.4. The first-order valence-corrected chi connectivity index (χ1v) is 15.1. The van der Waals surface area contributed by atoms with Crippen molar-refractivity contribution in [2.24, 2.45) is 0 Å². The van der Waals surface area contributed by atoms with E-state index in [1.54, 1.807) is 49.4 Å². The second-order valence-electron chi connectivity index (χ2n) is 10.7. The number of sulfonamides is 1. The van der Waals surface area contributed by atoms with Gasteiger partial charge in [0.25, 0.3) is 10.0 Å². The van der Waals surface area contributed by atoms with Crippen molar-refractivity contribution in [2.45, 2.75) is 57.6 Å². The molecule has 220 valence electrons. The van der Waals surface area contributed by atoms with Crippen LogP contribution in [0.3, 0.4) is 0 Å². The van der Waals surface area contributed by atoms with Gasteiger partial charge in [-0.15, -0.1) is 0 Å². The molecule has 1 atom stereocenters. The third-order valence-corrected chi connectivity index (χ3v) is 8.78. The Morgan fingerprint density at radius 3 is 2.10 bits per heavy atom. The fourth-order valence-corrected chi connectivity index (χ4v) is 5.74. The molecular weight excluding hydrogens is 585 g/mol. The van der Waals surface area contributed by atoms with Crippen LogP contribution in [0.1, 0.15) is 38.8 Å². The van der Waals surface area contributed by atoms with Gasteiger partial charge in [-0.05, 0) is 88.7 Å². The highest BCUT2D eigenvalue weighted by atomic mass is 35.5. The van der Waals surface area contributed by atoms with E-state index in [0.717, 1.165) is 9.87 Å². The Balaban J connectivity index is 2.05. The number of anilines is 1. The summed E-state index contributed by atoms with van der Waals surface area (Å²) >= 11 is 12.3. The maximum absolute atomic E-state index is 14.0. The average Bonchev–Trinajstić information content (AvgIpc) is 2.91. The summed E-state index contributed by atoms with van der Waals surface area (Å²) in [6.45, 7) is 8.44. The molecular formula is C30H35Cl2N3O5S. The number of amides is 2. The number of carbonyl (C=O) groups excluding carboxylic acids is 2. The van der Waals surface area contributed by atoms with Crippen molar-refractivity contribution in [1.82, 2.24) is 10.2 Å². The Morgan fingerprint density at radius 2 is 1.56 bits per heavy atom. The minimum Gasteiger partial charge on any atom is -0.497 e. The van der Waals surface area contributed by atoms with E-state index in [9.17, 15) is 18.0 Å². The molecule has 0 aliphatic heterocycles. The maximum Gasteiger partial charge on any atom is 0.264 e. The lowest BCUT2D eigenvalue weighted by molar-refractivity contribution is -0.140. The smallest absolute Gasteiger partial charge is 0.264 e. The lowest BCUT2D eigenvalue weighted by Crippen LogP contribution is -2.54. The topological polar surface area (TPSA) is 96.0 Å². The first-order chi connectivity index (χ1) is 19.1. The van der Waals surface area contributed by atoms with Gasteiger partial charge in [0.2, 0.25) is 11.8 Å². The summed E-state index contributed by atoms with van der Waals surface area (Å²) in [6, 6.07) is 16.7. The van der Waals surface area contributed by atoms with Crippen LogP contribution in [0.5, 0.6) is 5.75 Å². The quantitative estimate of drug-likeness (QED) is 0.308. The number of carbonyl (C=O) groups is 2. The molecule has 0 heterocycles. The molecule has 0 aliphatic rings. The molecule has 41 heavy (non-hydrogen) atoms. The first kappa shape index (κ1) is 32.2. The predicted molar refractivity (Wildman–Crippen MR) is 163 cm³/mol. The van der Waals surface area contributed by atoms with Crippen LogP contribution < -0.4 is 14.4 Å². The lowest BCUT2D eigenvalue weighted by atomic mass is 10.1. The van der Waals surface area contributed by atoms with E-state index < -0.39 is 34.1 Å². The zero-order valence-corrected chi connectivity index (χ0v) is 26.3. The minimum atomic E-state index is -4.19. The standard InChI is InChI=1S/C30H35Cl2N3O5S/c1-20-7-10-23(11-8-20)35(41(38,39)25-14-12-24(40-6)13-15-25)19-28(36)34(21(2)29(37)33-30(3,4)5)18-22-9-16-26(31)27(32)17-22/h7-17,21H,18-19H2,1-6H3,(H,33,37). The average molecular weight is 621 g/mol. The van der Waals surface area contributed by atoms with Gasteiger partial charge in [-0.2, -0.15) is 0 Å². The molecule has 0 saturated heterocycles. The van der Waals surface area contributed by atoms with Gasteiger partial charge in [0.1, 0.15) is 18.3 Å². The maximum atomic E-state index is 14.0. The van der Waals surface area contributed by atoms with Gasteiger partial charge in [-0.1, -0.05) is 47.0 Å². The summed E-state index contributed by atoms with van der Waals surface area (Å²) in [5, 5.41) is 3.54. The number of nitrogens with one attached hydrogen (secondary N) is 1. The summed E-state index contributed by atoms with van der Waals surface area (Å²) in [7, 11) is -2.70. The van der Waals surface area contributed by atoms with E-state index in [1.807, 2.05) is 27.7 Å². The molecule has 3 aromatic carbocycles. The van der Waals surface area contributed by atoms with E-state index in [2.05, 4.69) is 5.32 Å². The molecule has 0 radical (unpaired) electrons. The monoisotopic (exact) mass is 619 g/mol. The SMILES string of the molecule is COc1ccc(S(=O)(=O)N(CC(=O)N(Cc2ccc(Cl)c(Cl)c2)C(C)C(=O)NC(C)(C)C)c2ccc(C)cc2)cc1. The molecule has 8 nitrogen and oxygen atoms in total. The highest BCUT2D eigenvalue weighted by molar-refractivity contribution is 7.92. The summed E-state index contributed by atoms with van der Waals surface area (Å²) in [5.74, 6) is -0.468. The van der Waals surface area contributed by atoms with Crippen LogP contribution >= 0.6 is 23.2 Å². The second kappa shape index (κ2) is 13.1. The fourth-order valence-electron chi connectivity index (χ4n) is 4.01. The van der Waals surface area contributed by atoms with Crippen LogP contribution in [-0.4, -0.2) is 50.4 Å². The number of rotatable bonds is 10. The lowest BCUT2D eigenvalue weighted by Gasteiger charge is -2.33. The van der Waals surface area contributed by atoms with Crippen molar-refractivity contribution < 1.29 is 22.7 Å². The number of ether oxygens (including phenoxy) is 1. The predicted octanol–water partition coefficient (Wildman–Crippen LogP) is 5.84. The largest absolute Gasteiger partial charge is 0.497 e. The molecule has 1 N–H and O–H groups in total. The number of hydrogen-bond acceptors (Lipinski definition) is 5. The molecule has 11 heteroatoms. The van der Waals surface area contributed by atoms with Gasteiger partial charge in [0.15, 0.2) is 0 Å². The number of halogens is 2. The van der Waals surface area contributed by atoms with Crippen LogP contribution in [0.2, 0.25) is 10.0 Å². The zero-order valence-electron chi connectivity index (χ0n) is 23.9. The number of methoxy groups -OCH3 is 1. The Bertz CT molecular complexity index is 1490. The molecule has 0 saturated carbocycles. The van der Waals surface area contributed by atoms with Crippen molar-refractivity contribution in [2.75, 3.05) is 18.0 Å². The van der Waals surface area contributed by atoms with E-state index in [4.69, 9.17) is 27.9 Å². The summed E-state index contributed by atoms with van der Waals surface area (Å²) in [4.78, 5) is 28.5. The van der Waals surface area contributed by atoms with Gasteiger partial charge < -0.3 is 15.0 Å².